The number of imide groups is 1. The van der Waals surface area contributed by atoms with E-state index in [0.717, 1.165) is 11.3 Å². The van der Waals surface area contributed by atoms with Gasteiger partial charge in [0.05, 0.1) is 13.5 Å². The minimum atomic E-state index is -0.274. The molecule has 1 aromatic carbocycles. The predicted octanol–water partition coefficient (Wildman–Crippen LogP) is -0.484. The Kier molecular flexibility index (Phi) is 3.62. The molecular weight excluding hydrogens is 232 g/mol. The lowest BCUT2D eigenvalue weighted by atomic mass is 10.2. The molecule has 1 aliphatic rings. The third-order valence-electron chi connectivity index (χ3n) is 3.21. The molecule has 0 spiro atoms. The molecule has 96 valence electrons. The fourth-order valence-corrected chi connectivity index (χ4v) is 2.01. The van der Waals surface area contributed by atoms with E-state index in [9.17, 15) is 9.59 Å². The van der Waals surface area contributed by atoms with E-state index in [1.807, 2.05) is 29.6 Å². The van der Waals surface area contributed by atoms with Crippen LogP contribution in [-0.2, 0) is 16.1 Å². The Morgan fingerprint density at radius 3 is 2.50 bits per heavy atom. The number of hydrogen-bond donors (Lipinski definition) is 1. The van der Waals surface area contributed by atoms with Crippen LogP contribution in [0.15, 0.2) is 24.3 Å². The fourth-order valence-electron chi connectivity index (χ4n) is 2.01. The number of quaternary nitrogens is 1. The van der Waals surface area contributed by atoms with E-state index in [0.29, 0.717) is 13.0 Å². The molecule has 1 heterocycles. The largest absolute Gasteiger partial charge is 0.497 e. The zero-order valence-electron chi connectivity index (χ0n) is 10.6. The van der Waals surface area contributed by atoms with Crippen LogP contribution >= 0.6 is 0 Å². The lowest BCUT2D eigenvalue weighted by Crippen LogP contribution is -2.90. The Hall–Kier alpha value is -1.88. The third-order valence-corrected chi connectivity index (χ3v) is 3.21. The van der Waals surface area contributed by atoms with Gasteiger partial charge in [-0.25, -0.2) is 0 Å². The van der Waals surface area contributed by atoms with Crippen LogP contribution in [0.4, 0.5) is 0 Å². The quantitative estimate of drug-likeness (QED) is 0.733. The van der Waals surface area contributed by atoms with Gasteiger partial charge in [0, 0.05) is 12.6 Å². The average Bonchev–Trinajstić information content (AvgIpc) is 2.64. The number of likely N-dealkylation sites (tertiary alicyclic amines) is 1. The van der Waals surface area contributed by atoms with Gasteiger partial charge >= 0.3 is 0 Å². The van der Waals surface area contributed by atoms with Crippen LogP contribution in [0.5, 0.6) is 5.75 Å². The highest BCUT2D eigenvalue weighted by atomic mass is 16.5. The van der Waals surface area contributed by atoms with Gasteiger partial charge in [-0.05, 0) is 24.3 Å². The number of carbonyl (C=O) groups excluding carboxylic acids is 2. The molecular formula is C13H17N2O3+. The van der Waals surface area contributed by atoms with Crippen LogP contribution in [0.3, 0.4) is 0 Å². The van der Waals surface area contributed by atoms with Crippen LogP contribution in [0.2, 0.25) is 0 Å². The summed E-state index contributed by atoms with van der Waals surface area (Å²) < 4.78 is 5.08. The summed E-state index contributed by atoms with van der Waals surface area (Å²) in [4.78, 5) is 24.3. The first kappa shape index (κ1) is 12.6. The van der Waals surface area contributed by atoms with Crippen molar-refractivity contribution < 1.29 is 19.6 Å². The molecule has 1 saturated heterocycles. The number of nitrogens with two attached hydrogens (primary N) is 1. The fraction of sp³-hybridized carbons (Fsp3) is 0.385. The zero-order valence-corrected chi connectivity index (χ0v) is 10.6. The van der Waals surface area contributed by atoms with Gasteiger partial charge in [0.15, 0.2) is 6.04 Å². The van der Waals surface area contributed by atoms with Crippen molar-refractivity contribution in [1.29, 1.82) is 0 Å². The number of likely N-dealkylation sites (N-methyl/N-ethyl adjacent to an activating group) is 1. The summed E-state index contributed by atoms with van der Waals surface area (Å²) in [5.41, 5.74) is 1.10. The molecule has 0 radical (unpaired) electrons. The van der Waals surface area contributed by atoms with Crippen LogP contribution < -0.4 is 10.1 Å². The maximum absolute atomic E-state index is 11.7. The van der Waals surface area contributed by atoms with Gasteiger partial charge < -0.3 is 10.1 Å². The van der Waals surface area contributed by atoms with E-state index < -0.39 is 0 Å². The highest BCUT2D eigenvalue weighted by Crippen LogP contribution is 2.11. The number of nitrogens with zero attached hydrogens (tertiary/aromatic N) is 1. The number of carbonyl (C=O) groups is 2. The van der Waals surface area contributed by atoms with E-state index in [4.69, 9.17) is 4.74 Å². The Bertz CT molecular complexity index is 456. The smallest absolute Gasteiger partial charge is 0.287 e. The number of methoxy groups -OCH3 is 1. The van der Waals surface area contributed by atoms with Gasteiger partial charge in [-0.2, -0.15) is 0 Å². The molecule has 0 saturated carbocycles. The monoisotopic (exact) mass is 249 g/mol. The van der Waals surface area contributed by atoms with Gasteiger partial charge in [-0.3, -0.25) is 14.5 Å². The molecule has 1 aliphatic heterocycles. The first-order valence-electron chi connectivity index (χ1n) is 5.88. The van der Waals surface area contributed by atoms with Crippen molar-refractivity contribution >= 4 is 11.8 Å². The molecule has 2 rings (SSSR count). The van der Waals surface area contributed by atoms with Crippen LogP contribution in [0.1, 0.15) is 12.0 Å². The normalized spacial score (nSPS) is 19.4. The summed E-state index contributed by atoms with van der Waals surface area (Å²) in [6.45, 7) is 0.682. The Morgan fingerprint density at radius 1 is 1.33 bits per heavy atom. The van der Waals surface area contributed by atoms with Gasteiger partial charge in [0.2, 0.25) is 5.91 Å². The first-order valence-corrected chi connectivity index (χ1v) is 5.88. The van der Waals surface area contributed by atoms with E-state index in [-0.39, 0.29) is 17.9 Å². The van der Waals surface area contributed by atoms with E-state index in [1.54, 1.807) is 7.11 Å². The predicted molar refractivity (Wildman–Crippen MR) is 64.8 cm³/mol. The van der Waals surface area contributed by atoms with Crippen molar-refractivity contribution in [2.75, 3.05) is 14.2 Å². The Balaban J connectivity index is 1.91. The first-order chi connectivity index (χ1) is 8.61. The van der Waals surface area contributed by atoms with Gasteiger partial charge in [-0.15, -0.1) is 0 Å². The van der Waals surface area contributed by atoms with E-state index in [2.05, 4.69) is 0 Å². The van der Waals surface area contributed by atoms with Gasteiger partial charge in [0.1, 0.15) is 12.3 Å². The summed E-state index contributed by atoms with van der Waals surface area (Å²) in [6, 6.07) is 7.42. The second kappa shape index (κ2) is 5.18. The molecule has 0 unspecified atom stereocenters. The van der Waals surface area contributed by atoms with Crippen molar-refractivity contribution in [3.05, 3.63) is 29.8 Å². The van der Waals surface area contributed by atoms with Crippen molar-refractivity contribution in [2.24, 2.45) is 0 Å². The number of ether oxygens (including phenoxy) is 1. The number of benzene rings is 1. The van der Waals surface area contributed by atoms with Crippen molar-refractivity contribution in [3.8, 4) is 5.75 Å². The average molecular weight is 249 g/mol. The summed E-state index contributed by atoms with van der Waals surface area (Å²) in [7, 11) is 3.16. The molecule has 1 fully saturated rings. The van der Waals surface area contributed by atoms with Gasteiger partial charge in [0.25, 0.3) is 5.91 Å². The van der Waals surface area contributed by atoms with Gasteiger partial charge in [-0.1, -0.05) is 0 Å². The second-order valence-corrected chi connectivity index (χ2v) is 4.39. The third kappa shape index (κ3) is 2.51. The Labute approximate surface area is 106 Å². The maximum atomic E-state index is 11.7. The summed E-state index contributed by atoms with van der Waals surface area (Å²) in [5, 5.41) is 1.91. The minimum Gasteiger partial charge on any atom is -0.497 e. The van der Waals surface area contributed by atoms with Crippen LogP contribution in [-0.4, -0.2) is 36.9 Å². The minimum absolute atomic E-state index is 0.101. The van der Waals surface area contributed by atoms with Crippen molar-refractivity contribution in [1.82, 2.24) is 4.90 Å². The van der Waals surface area contributed by atoms with Crippen LogP contribution in [0, 0.1) is 0 Å². The maximum Gasteiger partial charge on any atom is 0.287 e. The molecule has 2 amide bonds. The SMILES string of the molecule is COc1ccc(C[NH2+][C@@H]2CC(=O)N(C)C2=O)cc1. The lowest BCUT2D eigenvalue weighted by molar-refractivity contribution is -0.690. The molecule has 2 N–H and O–H groups in total. The van der Waals surface area contributed by atoms with Crippen molar-refractivity contribution in [3.63, 3.8) is 0 Å². The summed E-state index contributed by atoms with van der Waals surface area (Å²) in [6.07, 6.45) is 0.297. The number of amides is 2. The molecule has 0 bridgehead atoms. The van der Waals surface area contributed by atoms with Crippen molar-refractivity contribution in [2.45, 2.75) is 19.0 Å². The molecule has 18 heavy (non-hydrogen) atoms. The summed E-state index contributed by atoms with van der Waals surface area (Å²) in [5.74, 6) is 0.607. The lowest BCUT2D eigenvalue weighted by Gasteiger charge is -2.08. The number of rotatable bonds is 4. The zero-order chi connectivity index (χ0) is 13.1. The van der Waals surface area contributed by atoms with E-state index in [1.165, 1.54) is 11.9 Å². The molecule has 0 aromatic heterocycles. The molecule has 5 nitrogen and oxygen atoms in total. The summed E-state index contributed by atoms with van der Waals surface area (Å²) >= 11 is 0. The highest BCUT2D eigenvalue weighted by molar-refractivity contribution is 6.04. The molecule has 1 aromatic rings. The molecule has 0 aliphatic carbocycles. The Morgan fingerprint density at radius 2 is 2.00 bits per heavy atom. The molecule has 5 heteroatoms. The standard InChI is InChI=1S/C13H16N2O3/c1-15-12(16)7-11(13(15)17)14-8-9-3-5-10(18-2)6-4-9/h3-6,11,14H,7-8H2,1-2H3/p+1/t11-/m1/s1. The second-order valence-electron chi connectivity index (χ2n) is 4.39. The molecule has 1 atom stereocenters. The topological polar surface area (TPSA) is 63.2 Å². The van der Waals surface area contributed by atoms with Crippen LogP contribution in [0.25, 0.3) is 0 Å². The number of hydrogen-bond acceptors (Lipinski definition) is 3. The highest BCUT2D eigenvalue weighted by Gasteiger charge is 2.38. The van der Waals surface area contributed by atoms with E-state index >= 15 is 0 Å².